The number of halogens is 3. The number of amides is 1. The summed E-state index contributed by atoms with van der Waals surface area (Å²) in [6.45, 7) is 2.58. The first-order valence-electron chi connectivity index (χ1n) is 7.40. The molecule has 0 unspecified atom stereocenters. The van der Waals surface area contributed by atoms with Gasteiger partial charge in [0.05, 0.1) is 17.2 Å². The lowest BCUT2D eigenvalue weighted by Crippen LogP contribution is -2.33. The maximum atomic E-state index is 12.1. The maximum absolute atomic E-state index is 12.1. The molecule has 26 heavy (non-hydrogen) atoms. The lowest BCUT2D eigenvalue weighted by Gasteiger charge is -2.08. The largest absolute Gasteiger partial charge is 0.383 e. The number of hydrogen-bond acceptors (Lipinski definition) is 6. The van der Waals surface area contributed by atoms with E-state index in [-0.39, 0.29) is 30.7 Å². The minimum Gasteiger partial charge on any atom is -0.383 e. The van der Waals surface area contributed by atoms with Crippen LogP contribution in [0.25, 0.3) is 0 Å². The third-order valence-corrected chi connectivity index (χ3v) is 4.60. The highest BCUT2D eigenvalue weighted by atomic mass is 35.5. The first-order chi connectivity index (χ1) is 11.6. The molecule has 2 rings (SSSR count). The zero-order chi connectivity index (χ0) is 17.4. The molecule has 0 atom stereocenters. The molecule has 0 aliphatic heterocycles. The zero-order valence-corrected chi connectivity index (χ0v) is 17.6. The van der Waals surface area contributed by atoms with Crippen LogP contribution in [0.5, 0.6) is 0 Å². The summed E-state index contributed by atoms with van der Waals surface area (Å²) in [5.74, 6) is -0.202. The molecule has 0 saturated carbocycles. The molecule has 1 amide bonds. The number of pyridine rings is 1. The van der Waals surface area contributed by atoms with Crippen LogP contribution in [0.2, 0.25) is 5.02 Å². The van der Waals surface area contributed by atoms with Crippen molar-refractivity contribution in [1.29, 1.82) is 0 Å². The highest BCUT2D eigenvalue weighted by Crippen LogP contribution is 2.30. The van der Waals surface area contributed by atoms with Crippen molar-refractivity contribution >= 4 is 54.1 Å². The van der Waals surface area contributed by atoms with Crippen LogP contribution >= 0.6 is 48.2 Å². The summed E-state index contributed by atoms with van der Waals surface area (Å²) in [6.07, 6.45) is 5.07. The number of ether oxygens (including phenoxy) is 1. The molecule has 7 nitrogen and oxygen atoms in total. The minimum absolute atomic E-state index is 0. The Morgan fingerprint density at radius 1 is 1.31 bits per heavy atom. The Balaban J connectivity index is 0.00000312. The Morgan fingerprint density at radius 3 is 2.69 bits per heavy atom. The SMILES string of the molecule is COCCNCCNC(=O)c1cnc(Sc2nccn2C)c(Cl)c1.Cl.Cl. The van der Waals surface area contributed by atoms with Crippen LogP contribution in [-0.2, 0) is 11.8 Å². The molecule has 0 fully saturated rings. The molecule has 0 spiro atoms. The van der Waals surface area contributed by atoms with Crippen molar-refractivity contribution in [2.24, 2.45) is 7.05 Å². The number of aromatic nitrogens is 3. The number of hydrogen-bond donors (Lipinski definition) is 2. The second-order valence-electron chi connectivity index (χ2n) is 4.93. The van der Waals surface area contributed by atoms with Crippen LogP contribution in [0, 0.1) is 0 Å². The zero-order valence-electron chi connectivity index (χ0n) is 14.4. The van der Waals surface area contributed by atoms with Gasteiger partial charge in [0.25, 0.3) is 5.91 Å². The Morgan fingerprint density at radius 2 is 2.08 bits per heavy atom. The smallest absolute Gasteiger partial charge is 0.252 e. The standard InChI is InChI=1S/C15H20ClN5O2S.2ClH/c1-21-7-5-19-15(21)24-14-12(16)9-11(10-20-14)13(22)18-4-3-17-6-8-23-2;;/h5,7,9-10,17H,3-4,6,8H2,1-2H3,(H,18,22);2*1H. The molecule has 146 valence electrons. The number of nitrogens with zero attached hydrogens (tertiary/aromatic N) is 3. The number of methoxy groups -OCH3 is 1. The second kappa shape index (κ2) is 13.2. The predicted molar refractivity (Wildman–Crippen MR) is 108 cm³/mol. The molecule has 0 aliphatic rings. The average molecular weight is 443 g/mol. The van der Waals surface area contributed by atoms with Gasteiger partial charge >= 0.3 is 0 Å². The molecular weight excluding hydrogens is 421 g/mol. The predicted octanol–water partition coefficient (Wildman–Crippen LogP) is 2.43. The van der Waals surface area contributed by atoms with Gasteiger partial charge in [-0.05, 0) is 17.8 Å². The topological polar surface area (TPSA) is 81.1 Å². The van der Waals surface area contributed by atoms with Gasteiger partial charge in [-0.25, -0.2) is 9.97 Å². The van der Waals surface area contributed by atoms with E-state index >= 15 is 0 Å². The lowest BCUT2D eigenvalue weighted by molar-refractivity contribution is 0.0953. The number of carbonyl (C=O) groups is 1. The summed E-state index contributed by atoms with van der Waals surface area (Å²) in [7, 11) is 3.54. The summed E-state index contributed by atoms with van der Waals surface area (Å²) in [5, 5.41) is 7.78. The van der Waals surface area contributed by atoms with Crippen molar-refractivity contribution in [3.8, 4) is 0 Å². The van der Waals surface area contributed by atoms with Gasteiger partial charge in [0, 0.05) is 52.4 Å². The molecule has 2 aromatic rings. The minimum atomic E-state index is -0.202. The van der Waals surface area contributed by atoms with Gasteiger partial charge in [-0.2, -0.15) is 0 Å². The molecule has 0 bridgehead atoms. The molecule has 0 radical (unpaired) electrons. The third-order valence-electron chi connectivity index (χ3n) is 3.10. The van der Waals surface area contributed by atoms with Crippen LogP contribution < -0.4 is 10.6 Å². The Hall–Kier alpha value is -1.03. The van der Waals surface area contributed by atoms with E-state index in [2.05, 4.69) is 20.6 Å². The fraction of sp³-hybridized carbons (Fsp3) is 0.400. The van der Waals surface area contributed by atoms with Crippen LogP contribution in [0.3, 0.4) is 0 Å². The van der Waals surface area contributed by atoms with E-state index in [0.29, 0.717) is 35.3 Å². The van der Waals surface area contributed by atoms with Crippen molar-refractivity contribution in [1.82, 2.24) is 25.2 Å². The molecule has 2 aromatic heterocycles. The van der Waals surface area contributed by atoms with E-state index in [0.717, 1.165) is 11.7 Å². The number of aryl methyl sites for hydroxylation is 1. The second-order valence-corrected chi connectivity index (χ2v) is 6.30. The van der Waals surface area contributed by atoms with E-state index in [9.17, 15) is 4.79 Å². The molecule has 2 heterocycles. The number of rotatable bonds is 9. The molecule has 0 aliphatic carbocycles. The maximum Gasteiger partial charge on any atom is 0.252 e. The van der Waals surface area contributed by atoms with E-state index in [1.54, 1.807) is 19.4 Å². The summed E-state index contributed by atoms with van der Waals surface area (Å²) < 4.78 is 6.80. The van der Waals surface area contributed by atoms with Gasteiger partial charge in [0.2, 0.25) is 0 Å². The normalized spacial score (nSPS) is 9.96. The van der Waals surface area contributed by atoms with Crippen molar-refractivity contribution in [2.75, 3.05) is 33.4 Å². The van der Waals surface area contributed by atoms with Crippen molar-refractivity contribution in [3.63, 3.8) is 0 Å². The van der Waals surface area contributed by atoms with Crippen LogP contribution in [-0.4, -0.2) is 53.8 Å². The van der Waals surface area contributed by atoms with Gasteiger partial charge in [-0.1, -0.05) is 11.6 Å². The highest BCUT2D eigenvalue weighted by Gasteiger charge is 2.12. The quantitative estimate of drug-likeness (QED) is 0.581. The summed E-state index contributed by atoms with van der Waals surface area (Å²) in [6, 6.07) is 1.62. The van der Waals surface area contributed by atoms with E-state index in [1.807, 2.05) is 17.8 Å². The fourth-order valence-electron chi connectivity index (χ4n) is 1.83. The molecule has 0 aromatic carbocycles. The number of imidazole rings is 1. The lowest BCUT2D eigenvalue weighted by atomic mass is 10.2. The third kappa shape index (κ3) is 7.69. The Kier molecular flexibility index (Phi) is 12.7. The first kappa shape index (κ1) is 25.0. The molecule has 0 saturated heterocycles. The highest BCUT2D eigenvalue weighted by molar-refractivity contribution is 7.99. The summed E-state index contributed by atoms with van der Waals surface area (Å²) in [4.78, 5) is 20.6. The van der Waals surface area contributed by atoms with Crippen molar-refractivity contribution in [3.05, 3.63) is 35.2 Å². The monoisotopic (exact) mass is 441 g/mol. The Labute approximate surface area is 174 Å². The average Bonchev–Trinajstić information content (AvgIpc) is 2.97. The van der Waals surface area contributed by atoms with Crippen LogP contribution in [0.4, 0.5) is 0 Å². The number of carbonyl (C=O) groups excluding carboxylic acids is 1. The van der Waals surface area contributed by atoms with Crippen molar-refractivity contribution < 1.29 is 9.53 Å². The molecule has 2 N–H and O–H groups in total. The van der Waals surface area contributed by atoms with Crippen molar-refractivity contribution in [2.45, 2.75) is 10.2 Å². The van der Waals surface area contributed by atoms with E-state index in [1.165, 1.54) is 18.0 Å². The Bertz CT molecular complexity index is 687. The first-order valence-corrected chi connectivity index (χ1v) is 8.60. The molecular formula is C15H22Cl3N5O2S. The van der Waals surface area contributed by atoms with E-state index < -0.39 is 0 Å². The van der Waals surface area contributed by atoms with Gasteiger partial charge in [-0.15, -0.1) is 24.8 Å². The number of nitrogens with one attached hydrogen (secondary N) is 2. The van der Waals surface area contributed by atoms with Gasteiger partial charge < -0.3 is 19.9 Å². The fourth-order valence-corrected chi connectivity index (χ4v) is 2.86. The van der Waals surface area contributed by atoms with Crippen LogP contribution in [0.1, 0.15) is 10.4 Å². The van der Waals surface area contributed by atoms with Gasteiger partial charge in [0.1, 0.15) is 5.03 Å². The van der Waals surface area contributed by atoms with E-state index in [4.69, 9.17) is 16.3 Å². The molecule has 11 heteroatoms. The van der Waals surface area contributed by atoms with Gasteiger partial charge in [0.15, 0.2) is 5.16 Å². The van der Waals surface area contributed by atoms with Crippen LogP contribution in [0.15, 0.2) is 34.8 Å². The summed E-state index contributed by atoms with van der Waals surface area (Å²) >= 11 is 7.59. The van der Waals surface area contributed by atoms with Gasteiger partial charge in [-0.3, -0.25) is 4.79 Å². The summed E-state index contributed by atoms with van der Waals surface area (Å²) in [5.41, 5.74) is 0.432.